The van der Waals surface area contributed by atoms with Crippen LogP contribution in [0.4, 0.5) is 8.78 Å². The van der Waals surface area contributed by atoms with Crippen LogP contribution in [0.2, 0.25) is 0 Å². The quantitative estimate of drug-likeness (QED) is 0.573. The fourth-order valence-electron chi connectivity index (χ4n) is 0.718. The topological polar surface area (TPSA) is 0 Å². The molecule has 0 amide bonds. The maximum absolute atomic E-state index is 11.8. The fraction of sp³-hybridized carbons (Fsp3) is 0.750. The van der Waals surface area contributed by atoms with Crippen LogP contribution in [0, 0.1) is 5.41 Å². The van der Waals surface area contributed by atoms with E-state index in [2.05, 4.69) is 0 Å². The molecule has 0 radical (unpaired) electrons. The van der Waals surface area contributed by atoms with Crippen LogP contribution in [-0.4, -0.2) is 0 Å². The third-order valence-electron chi connectivity index (χ3n) is 2.07. The van der Waals surface area contributed by atoms with Gasteiger partial charge < -0.3 is 0 Å². The zero-order chi connectivity index (χ0) is 8.20. The van der Waals surface area contributed by atoms with E-state index in [9.17, 15) is 8.78 Å². The van der Waals surface area contributed by atoms with Crippen molar-refractivity contribution in [1.82, 2.24) is 0 Å². The molecule has 0 saturated heterocycles. The molecular formula is C8H14F2. The molecule has 0 aliphatic carbocycles. The molecule has 0 unspecified atom stereocenters. The summed E-state index contributed by atoms with van der Waals surface area (Å²) in [6.45, 7) is 5.68. The third kappa shape index (κ3) is 2.95. The highest BCUT2D eigenvalue weighted by atomic mass is 19.3. The normalized spacial score (nSPS) is 11.3. The SMILES string of the molecule is CCC(C)(C=C(F)F)CC. The van der Waals surface area contributed by atoms with E-state index in [0.717, 1.165) is 18.9 Å². The van der Waals surface area contributed by atoms with Gasteiger partial charge in [-0.3, -0.25) is 0 Å². The Labute approximate surface area is 60.9 Å². The van der Waals surface area contributed by atoms with Gasteiger partial charge in [-0.1, -0.05) is 20.8 Å². The van der Waals surface area contributed by atoms with Gasteiger partial charge in [-0.15, -0.1) is 0 Å². The molecule has 0 aromatic carbocycles. The van der Waals surface area contributed by atoms with Crippen molar-refractivity contribution in [2.45, 2.75) is 33.6 Å². The van der Waals surface area contributed by atoms with Gasteiger partial charge in [-0.25, -0.2) is 0 Å². The van der Waals surface area contributed by atoms with E-state index in [0.29, 0.717) is 0 Å². The highest BCUT2D eigenvalue weighted by molar-refractivity contribution is 4.95. The molecule has 0 aromatic rings. The highest BCUT2D eigenvalue weighted by Crippen LogP contribution is 2.28. The molecule has 0 bridgehead atoms. The average molecular weight is 148 g/mol. The molecule has 2 heteroatoms. The van der Waals surface area contributed by atoms with E-state index in [4.69, 9.17) is 0 Å². The lowest BCUT2D eigenvalue weighted by molar-refractivity contribution is 0.347. The van der Waals surface area contributed by atoms with Gasteiger partial charge in [-0.05, 0) is 24.3 Å². The van der Waals surface area contributed by atoms with Gasteiger partial charge in [0.2, 0.25) is 0 Å². The summed E-state index contributed by atoms with van der Waals surface area (Å²) >= 11 is 0. The zero-order valence-electron chi connectivity index (χ0n) is 6.75. The van der Waals surface area contributed by atoms with E-state index >= 15 is 0 Å². The lowest BCUT2D eigenvalue weighted by Gasteiger charge is -2.20. The Bertz CT molecular complexity index is 119. The minimum Gasteiger partial charge on any atom is -0.174 e. The second kappa shape index (κ2) is 3.69. The lowest BCUT2D eigenvalue weighted by Crippen LogP contribution is -2.09. The van der Waals surface area contributed by atoms with Crippen LogP contribution >= 0.6 is 0 Å². The molecule has 0 fully saturated rings. The van der Waals surface area contributed by atoms with E-state index in [1.807, 2.05) is 20.8 Å². The Hall–Kier alpha value is -0.400. The molecule has 0 heterocycles. The Kier molecular flexibility index (Phi) is 3.54. The summed E-state index contributed by atoms with van der Waals surface area (Å²) in [5, 5.41) is 0. The first kappa shape index (κ1) is 9.60. The van der Waals surface area contributed by atoms with Crippen LogP contribution in [0.5, 0.6) is 0 Å². The van der Waals surface area contributed by atoms with Crippen molar-refractivity contribution in [3.8, 4) is 0 Å². The average Bonchev–Trinajstić information content (AvgIpc) is 1.87. The van der Waals surface area contributed by atoms with Gasteiger partial charge in [0.05, 0.1) is 0 Å². The second-order valence-corrected chi connectivity index (χ2v) is 2.80. The molecule has 0 spiro atoms. The number of rotatable bonds is 3. The molecule has 10 heavy (non-hydrogen) atoms. The molecule has 0 aliphatic heterocycles. The summed E-state index contributed by atoms with van der Waals surface area (Å²) in [5.41, 5.74) is -0.307. The van der Waals surface area contributed by atoms with E-state index in [1.54, 1.807) is 0 Å². The molecule has 0 aliphatic rings. The number of hydrogen-bond donors (Lipinski definition) is 0. The van der Waals surface area contributed by atoms with Crippen molar-refractivity contribution in [3.05, 3.63) is 12.2 Å². The van der Waals surface area contributed by atoms with Crippen molar-refractivity contribution >= 4 is 0 Å². The standard InChI is InChI=1S/C8H14F2/c1-4-8(3,5-2)6-7(9)10/h6H,4-5H2,1-3H3. The molecule has 0 aromatic heterocycles. The summed E-state index contributed by atoms with van der Waals surface area (Å²) in [4.78, 5) is 0. The van der Waals surface area contributed by atoms with Gasteiger partial charge in [0.25, 0.3) is 6.08 Å². The largest absolute Gasteiger partial charge is 0.266 e. The Morgan fingerprint density at radius 2 is 1.70 bits per heavy atom. The Balaban J connectivity index is 4.20. The minimum absolute atomic E-state index is 0.307. The van der Waals surface area contributed by atoms with Gasteiger partial charge >= 0.3 is 0 Å². The lowest BCUT2D eigenvalue weighted by atomic mass is 9.85. The first-order valence-corrected chi connectivity index (χ1v) is 3.58. The van der Waals surface area contributed by atoms with Crippen molar-refractivity contribution < 1.29 is 8.78 Å². The van der Waals surface area contributed by atoms with Crippen LogP contribution in [0.1, 0.15) is 33.6 Å². The smallest absolute Gasteiger partial charge is 0.174 e. The molecule has 0 saturated carbocycles. The fourth-order valence-corrected chi connectivity index (χ4v) is 0.718. The summed E-state index contributed by atoms with van der Waals surface area (Å²) in [6.07, 6.45) is 1.01. The zero-order valence-corrected chi connectivity index (χ0v) is 6.75. The molecule has 0 atom stereocenters. The molecule has 0 nitrogen and oxygen atoms in total. The molecule has 0 rings (SSSR count). The van der Waals surface area contributed by atoms with Crippen molar-refractivity contribution in [1.29, 1.82) is 0 Å². The summed E-state index contributed by atoms with van der Waals surface area (Å²) in [7, 11) is 0. The predicted molar refractivity (Wildman–Crippen MR) is 39.0 cm³/mol. The van der Waals surface area contributed by atoms with Gasteiger partial charge in [-0.2, -0.15) is 8.78 Å². The van der Waals surface area contributed by atoms with Crippen molar-refractivity contribution in [2.24, 2.45) is 5.41 Å². The Morgan fingerprint density at radius 3 is 1.80 bits per heavy atom. The first-order chi connectivity index (χ1) is 4.54. The van der Waals surface area contributed by atoms with Crippen LogP contribution in [0.15, 0.2) is 12.2 Å². The van der Waals surface area contributed by atoms with Gasteiger partial charge in [0, 0.05) is 0 Å². The number of allylic oxidation sites excluding steroid dienone is 1. The highest BCUT2D eigenvalue weighted by Gasteiger charge is 2.17. The maximum atomic E-state index is 11.8. The Morgan fingerprint density at radius 1 is 1.30 bits per heavy atom. The van der Waals surface area contributed by atoms with E-state index < -0.39 is 6.08 Å². The van der Waals surface area contributed by atoms with Crippen LogP contribution in [0.25, 0.3) is 0 Å². The first-order valence-electron chi connectivity index (χ1n) is 3.58. The third-order valence-corrected chi connectivity index (χ3v) is 2.07. The second-order valence-electron chi connectivity index (χ2n) is 2.80. The van der Waals surface area contributed by atoms with Gasteiger partial charge in [0.1, 0.15) is 0 Å². The van der Waals surface area contributed by atoms with Crippen LogP contribution < -0.4 is 0 Å². The molecule has 60 valence electrons. The minimum atomic E-state index is -1.56. The van der Waals surface area contributed by atoms with Crippen molar-refractivity contribution in [3.63, 3.8) is 0 Å². The monoisotopic (exact) mass is 148 g/mol. The maximum Gasteiger partial charge on any atom is 0.266 e. The summed E-state index contributed by atoms with van der Waals surface area (Å²) in [5.74, 6) is 0. The molecule has 0 N–H and O–H groups in total. The van der Waals surface area contributed by atoms with E-state index in [-0.39, 0.29) is 5.41 Å². The molecular weight excluding hydrogens is 134 g/mol. The predicted octanol–water partition coefficient (Wildman–Crippen LogP) is 3.59. The van der Waals surface area contributed by atoms with E-state index in [1.165, 1.54) is 0 Å². The number of halogens is 2. The van der Waals surface area contributed by atoms with Gasteiger partial charge in [0.15, 0.2) is 0 Å². The summed E-state index contributed by atoms with van der Waals surface area (Å²) < 4.78 is 23.5. The van der Waals surface area contributed by atoms with Crippen LogP contribution in [0.3, 0.4) is 0 Å². The van der Waals surface area contributed by atoms with Crippen LogP contribution in [-0.2, 0) is 0 Å². The number of hydrogen-bond acceptors (Lipinski definition) is 0. The van der Waals surface area contributed by atoms with Crippen molar-refractivity contribution in [2.75, 3.05) is 0 Å². The summed E-state index contributed by atoms with van der Waals surface area (Å²) in [6, 6.07) is 0.